The van der Waals surface area contributed by atoms with Crippen LogP contribution in [0.5, 0.6) is 0 Å². The fraction of sp³-hybridized carbons (Fsp3) is 0.158. The minimum absolute atomic E-state index is 0.0617. The minimum atomic E-state index is -0.341. The van der Waals surface area contributed by atoms with E-state index >= 15 is 0 Å². The summed E-state index contributed by atoms with van der Waals surface area (Å²) in [6.45, 7) is 0. The second kappa shape index (κ2) is 9.20. The van der Waals surface area contributed by atoms with Gasteiger partial charge in [-0.3, -0.25) is 9.59 Å². The lowest BCUT2D eigenvalue weighted by Crippen LogP contribution is -2.18. The monoisotopic (exact) mass is 414 g/mol. The highest BCUT2D eigenvalue weighted by molar-refractivity contribution is 7.99. The number of nitrogen functional groups attached to an aromatic ring is 1. The normalized spacial score (nSPS) is 10.6. The van der Waals surface area contributed by atoms with Gasteiger partial charge in [-0.05, 0) is 35.9 Å². The van der Waals surface area contributed by atoms with Gasteiger partial charge in [0.25, 0.3) is 5.91 Å². The molecule has 150 valence electrons. The molecule has 0 bridgehead atoms. The first kappa shape index (κ1) is 20.3. The summed E-state index contributed by atoms with van der Waals surface area (Å²) < 4.78 is 15.0. The van der Waals surface area contributed by atoms with Crippen LogP contribution < -0.4 is 16.5 Å². The van der Waals surface area contributed by atoms with Crippen molar-refractivity contribution >= 4 is 29.3 Å². The molecule has 2 aromatic carbocycles. The lowest BCUT2D eigenvalue weighted by molar-refractivity contribution is -0.113. The standard InChI is InChI=1S/C19H19FN6O2S/c1-22-18(28)12-6-8-14(9-7-12)23-17(27)11-29-19-25-24-16(26(19)21)10-13-4-2-3-5-15(13)20/h2-9H,10-11,21H2,1H3,(H,22,28)(H,23,27). The van der Waals surface area contributed by atoms with Crippen molar-refractivity contribution in [2.75, 3.05) is 24.0 Å². The Labute approximate surface area is 170 Å². The number of benzene rings is 2. The molecule has 0 atom stereocenters. The third kappa shape index (κ3) is 5.11. The van der Waals surface area contributed by atoms with E-state index in [9.17, 15) is 14.0 Å². The molecule has 8 nitrogen and oxygen atoms in total. The predicted octanol–water partition coefficient (Wildman–Crippen LogP) is 1.81. The number of nitrogens with one attached hydrogen (secondary N) is 2. The highest BCUT2D eigenvalue weighted by Gasteiger charge is 2.14. The third-order valence-electron chi connectivity index (χ3n) is 4.03. The van der Waals surface area contributed by atoms with Crippen LogP contribution >= 0.6 is 11.8 Å². The van der Waals surface area contributed by atoms with Crippen LogP contribution in [0.4, 0.5) is 10.1 Å². The van der Waals surface area contributed by atoms with E-state index < -0.39 is 0 Å². The summed E-state index contributed by atoms with van der Waals surface area (Å²) in [6, 6.07) is 12.9. The van der Waals surface area contributed by atoms with Crippen LogP contribution in [0.2, 0.25) is 0 Å². The Hall–Kier alpha value is -3.40. The number of halogens is 1. The van der Waals surface area contributed by atoms with Crippen molar-refractivity contribution in [1.29, 1.82) is 0 Å². The Morgan fingerprint density at radius 3 is 2.55 bits per heavy atom. The van der Waals surface area contributed by atoms with Gasteiger partial charge in [-0.25, -0.2) is 9.07 Å². The molecule has 1 heterocycles. The molecule has 0 spiro atoms. The first-order chi connectivity index (χ1) is 14.0. The van der Waals surface area contributed by atoms with Gasteiger partial charge in [0.05, 0.1) is 5.75 Å². The van der Waals surface area contributed by atoms with E-state index in [2.05, 4.69) is 20.8 Å². The number of hydrogen-bond donors (Lipinski definition) is 3. The van der Waals surface area contributed by atoms with Crippen LogP contribution in [0, 0.1) is 5.82 Å². The largest absolute Gasteiger partial charge is 0.355 e. The third-order valence-corrected chi connectivity index (χ3v) is 4.97. The van der Waals surface area contributed by atoms with Crippen molar-refractivity contribution in [2.45, 2.75) is 11.6 Å². The molecule has 2 amide bonds. The minimum Gasteiger partial charge on any atom is -0.355 e. The molecule has 0 saturated carbocycles. The summed E-state index contributed by atoms with van der Waals surface area (Å²) in [6.07, 6.45) is 0.195. The fourth-order valence-corrected chi connectivity index (χ4v) is 3.19. The van der Waals surface area contributed by atoms with Crippen LogP contribution in [-0.4, -0.2) is 39.5 Å². The number of nitrogens with zero attached hydrogens (tertiary/aromatic N) is 3. The molecule has 29 heavy (non-hydrogen) atoms. The van der Waals surface area contributed by atoms with Crippen molar-refractivity contribution in [3.8, 4) is 0 Å². The molecule has 3 aromatic rings. The number of carbonyl (C=O) groups excluding carboxylic acids is 2. The van der Waals surface area contributed by atoms with Crippen LogP contribution in [-0.2, 0) is 11.2 Å². The van der Waals surface area contributed by atoms with E-state index in [1.54, 1.807) is 49.5 Å². The second-order valence-electron chi connectivity index (χ2n) is 6.03. The predicted molar refractivity (Wildman–Crippen MR) is 109 cm³/mol. The molecule has 1 aromatic heterocycles. The number of anilines is 1. The smallest absolute Gasteiger partial charge is 0.251 e. The number of carbonyl (C=O) groups is 2. The van der Waals surface area contributed by atoms with Gasteiger partial charge >= 0.3 is 0 Å². The van der Waals surface area contributed by atoms with Gasteiger partial charge < -0.3 is 16.5 Å². The van der Waals surface area contributed by atoms with Crippen molar-refractivity contribution < 1.29 is 14.0 Å². The van der Waals surface area contributed by atoms with Gasteiger partial charge in [0.2, 0.25) is 11.1 Å². The topological polar surface area (TPSA) is 115 Å². The zero-order valence-electron chi connectivity index (χ0n) is 15.6. The molecule has 0 unspecified atom stereocenters. The summed E-state index contributed by atoms with van der Waals surface area (Å²) in [7, 11) is 1.55. The molecular weight excluding hydrogens is 395 g/mol. The van der Waals surface area contributed by atoms with Gasteiger partial charge in [0.15, 0.2) is 5.82 Å². The highest BCUT2D eigenvalue weighted by Crippen LogP contribution is 2.18. The van der Waals surface area contributed by atoms with Gasteiger partial charge in [0.1, 0.15) is 5.82 Å². The Morgan fingerprint density at radius 2 is 1.86 bits per heavy atom. The zero-order chi connectivity index (χ0) is 20.8. The van der Waals surface area contributed by atoms with Gasteiger partial charge in [-0.15, -0.1) is 10.2 Å². The van der Waals surface area contributed by atoms with Crippen LogP contribution in [0.1, 0.15) is 21.7 Å². The van der Waals surface area contributed by atoms with Crippen LogP contribution in [0.3, 0.4) is 0 Å². The number of rotatable bonds is 7. The van der Waals surface area contributed by atoms with Crippen LogP contribution in [0.15, 0.2) is 53.7 Å². The quantitative estimate of drug-likeness (QED) is 0.401. The summed E-state index contributed by atoms with van der Waals surface area (Å²) in [5.41, 5.74) is 1.53. The summed E-state index contributed by atoms with van der Waals surface area (Å²) in [4.78, 5) is 23.7. The van der Waals surface area contributed by atoms with Gasteiger partial charge in [0, 0.05) is 24.7 Å². The van der Waals surface area contributed by atoms with Crippen LogP contribution in [0.25, 0.3) is 0 Å². The highest BCUT2D eigenvalue weighted by atomic mass is 32.2. The Morgan fingerprint density at radius 1 is 1.14 bits per heavy atom. The summed E-state index contributed by atoms with van der Waals surface area (Å²) in [5.74, 6) is 5.62. The first-order valence-electron chi connectivity index (χ1n) is 8.65. The molecule has 4 N–H and O–H groups in total. The molecule has 10 heteroatoms. The first-order valence-corrected chi connectivity index (χ1v) is 9.64. The molecule has 0 radical (unpaired) electrons. The van der Waals surface area contributed by atoms with E-state index in [4.69, 9.17) is 5.84 Å². The SMILES string of the molecule is CNC(=O)c1ccc(NC(=O)CSc2nnc(Cc3ccccc3F)n2N)cc1. The number of hydrogen-bond acceptors (Lipinski definition) is 6. The molecule has 0 aliphatic rings. The van der Waals surface area contributed by atoms with Gasteiger partial charge in [-0.1, -0.05) is 30.0 Å². The van der Waals surface area contributed by atoms with E-state index in [1.807, 2.05) is 0 Å². The molecular formula is C19H19FN6O2S. The van der Waals surface area contributed by atoms with E-state index in [0.29, 0.717) is 27.8 Å². The molecule has 0 aliphatic heterocycles. The Balaban J connectivity index is 1.56. The maximum absolute atomic E-state index is 13.8. The lowest BCUT2D eigenvalue weighted by Gasteiger charge is -2.07. The molecule has 0 aliphatic carbocycles. The average Bonchev–Trinajstić information content (AvgIpc) is 3.07. The number of aromatic nitrogens is 3. The maximum atomic E-state index is 13.8. The number of nitrogens with two attached hydrogens (primary N) is 1. The maximum Gasteiger partial charge on any atom is 0.251 e. The van der Waals surface area contributed by atoms with Crippen molar-refractivity contribution in [1.82, 2.24) is 20.2 Å². The van der Waals surface area contributed by atoms with Crippen molar-refractivity contribution in [3.05, 3.63) is 71.3 Å². The van der Waals surface area contributed by atoms with E-state index in [1.165, 1.54) is 10.7 Å². The van der Waals surface area contributed by atoms with E-state index in [0.717, 1.165) is 11.8 Å². The molecule has 0 fully saturated rings. The molecule has 3 rings (SSSR count). The Bertz CT molecular complexity index is 1020. The molecule has 0 saturated heterocycles. The second-order valence-corrected chi connectivity index (χ2v) is 6.97. The summed E-state index contributed by atoms with van der Waals surface area (Å²) in [5, 5.41) is 13.6. The summed E-state index contributed by atoms with van der Waals surface area (Å²) >= 11 is 1.12. The zero-order valence-corrected chi connectivity index (χ0v) is 16.4. The van der Waals surface area contributed by atoms with Crippen molar-refractivity contribution in [2.24, 2.45) is 0 Å². The number of amides is 2. The van der Waals surface area contributed by atoms with E-state index in [-0.39, 0.29) is 29.8 Å². The fourth-order valence-electron chi connectivity index (χ4n) is 2.51. The number of thioether (sulfide) groups is 1. The Kier molecular flexibility index (Phi) is 6.45. The van der Waals surface area contributed by atoms with Gasteiger partial charge in [-0.2, -0.15) is 0 Å². The average molecular weight is 414 g/mol. The lowest BCUT2D eigenvalue weighted by atomic mass is 10.1. The van der Waals surface area contributed by atoms with Crippen molar-refractivity contribution in [3.63, 3.8) is 0 Å².